The second-order valence-corrected chi connectivity index (χ2v) is 10.0. The number of nitrogens with one attached hydrogen (secondary N) is 1. The zero-order chi connectivity index (χ0) is 26.7. The zero-order valence-corrected chi connectivity index (χ0v) is 21.7. The number of amides is 3. The van der Waals surface area contributed by atoms with E-state index in [1.54, 1.807) is 42.2 Å². The molecule has 0 radical (unpaired) electrons. The molecule has 8 nitrogen and oxygen atoms in total. The van der Waals surface area contributed by atoms with Crippen LogP contribution in [0.4, 0.5) is 10.1 Å². The van der Waals surface area contributed by atoms with Crippen LogP contribution in [-0.4, -0.2) is 73.5 Å². The highest BCUT2D eigenvalue weighted by Gasteiger charge is 2.32. The Morgan fingerprint density at radius 3 is 2.43 bits per heavy atom. The second-order valence-electron chi connectivity index (χ2n) is 10.0. The van der Waals surface area contributed by atoms with Crippen LogP contribution in [0, 0.1) is 17.7 Å². The van der Waals surface area contributed by atoms with Gasteiger partial charge in [-0.3, -0.25) is 14.4 Å². The van der Waals surface area contributed by atoms with Gasteiger partial charge in [0.1, 0.15) is 18.2 Å². The number of carbonyl (C=O) groups excluding carboxylic acids is 3. The van der Waals surface area contributed by atoms with Crippen molar-refractivity contribution >= 4 is 23.4 Å². The molecule has 0 aromatic heterocycles. The first kappa shape index (κ1) is 26.6. The zero-order valence-electron chi connectivity index (χ0n) is 21.7. The van der Waals surface area contributed by atoms with Gasteiger partial charge in [0.2, 0.25) is 5.91 Å². The number of methoxy groups -OCH3 is 1. The van der Waals surface area contributed by atoms with E-state index in [-0.39, 0.29) is 48.3 Å². The normalized spacial score (nSPS) is 22.8. The molecule has 0 saturated heterocycles. The van der Waals surface area contributed by atoms with E-state index in [4.69, 9.17) is 9.47 Å². The highest BCUT2D eigenvalue weighted by molar-refractivity contribution is 6.00. The molecule has 1 saturated carbocycles. The molecular formula is C28H34FN3O5. The Hall–Kier alpha value is -3.46. The van der Waals surface area contributed by atoms with Crippen molar-refractivity contribution in [2.75, 3.05) is 39.2 Å². The topological polar surface area (TPSA) is 88.2 Å². The van der Waals surface area contributed by atoms with Crippen LogP contribution in [0.2, 0.25) is 0 Å². The number of hydrogen-bond donors (Lipinski definition) is 1. The third-order valence-electron chi connectivity index (χ3n) is 7.01. The Labute approximate surface area is 216 Å². The number of rotatable bonds is 4. The summed E-state index contributed by atoms with van der Waals surface area (Å²) in [6.45, 7) is 4.63. The van der Waals surface area contributed by atoms with Gasteiger partial charge < -0.3 is 24.6 Å². The van der Waals surface area contributed by atoms with Crippen molar-refractivity contribution in [2.24, 2.45) is 11.8 Å². The molecular weight excluding hydrogens is 477 g/mol. The molecule has 4 rings (SSSR count). The molecule has 2 aromatic carbocycles. The summed E-state index contributed by atoms with van der Waals surface area (Å²) in [5, 5.41) is 2.89. The van der Waals surface area contributed by atoms with Gasteiger partial charge in [-0.05, 0) is 62.2 Å². The molecule has 9 heteroatoms. The van der Waals surface area contributed by atoms with Crippen molar-refractivity contribution in [1.29, 1.82) is 0 Å². The van der Waals surface area contributed by atoms with Crippen LogP contribution in [0.3, 0.4) is 0 Å². The van der Waals surface area contributed by atoms with Gasteiger partial charge in [0.15, 0.2) is 0 Å². The Kier molecular flexibility index (Phi) is 8.12. The lowest BCUT2D eigenvalue weighted by Crippen LogP contribution is -2.48. The average molecular weight is 512 g/mol. The van der Waals surface area contributed by atoms with Gasteiger partial charge in [-0.25, -0.2) is 4.39 Å². The van der Waals surface area contributed by atoms with E-state index >= 15 is 0 Å². The Morgan fingerprint density at radius 1 is 1.08 bits per heavy atom. The number of halogens is 1. The first-order valence-corrected chi connectivity index (χ1v) is 12.6. The summed E-state index contributed by atoms with van der Waals surface area (Å²) < 4.78 is 25.3. The molecule has 3 atom stereocenters. The number of fused-ring (bicyclic) bond motifs is 1. The van der Waals surface area contributed by atoms with Gasteiger partial charge in [-0.15, -0.1) is 0 Å². The largest absolute Gasteiger partial charge is 0.491 e. The van der Waals surface area contributed by atoms with Crippen molar-refractivity contribution in [3.05, 3.63) is 59.4 Å². The molecule has 37 heavy (non-hydrogen) atoms. The molecule has 3 amide bonds. The lowest BCUT2D eigenvalue weighted by atomic mass is 10.0. The summed E-state index contributed by atoms with van der Waals surface area (Å²) in [4.78, 5) is 42.5. The van der Waals surface area contributed by atoms with Crippen LogP contribution in [0.1, 0.15) is 47.4 Å². The minimum Gasteiger partial charge on any atom is -0.491 e. The predicted molar refractivity (Wildman–Crippen MR) is 137 cm³/mol. The number of hydrogen-bond acceptors (Lipinski definition) is 5. The summed E-state index contributed by atoms with van der Waals surface area (Å²) in [5.41, 5.74) is 1.24. The van der Waals surface area contributed by atoms with E-state index in [2.05, 4.69) is 5.32 Å². The van der Waals surface area contributed by atoms with E-state index in [0.29, 0.717) is 35.7 Å². The highest BCUT2D eigenvalue weighted by atomic mass is 19.1. The van der Waals surface area contributed by atoms with E-state index in [1.807, 2.05) is 13.8 Å². The van der Waals surface area contributed by atoms with Crippen molar-refractivity contribution in [3.63, 3.8) is 0 Å². The fraction of sp³-hybridized carbons (Fsp3) is 0.464. The van der Waals surface area contributed by atoms with Gasteiger partial charge in [0, 0.05) is 50.3 Å². The quantitative estimate of drug-likeness (QED) is 0.674. The molecule has 1 aliphatic heterocycles. The van der Waals surface area contributed by atoms with E-state index in [0.717, 1.165) is 12.8 Å². The van der Waals surface area contributed by atoms with Gasteiger partial charge in [-0.2, -0.15) is 0 Å². The first-order valence-electron chi connectivity index (χ1n) is 12.6. The fourth-order valence-corrected chi connectivity index (χ4v) is 4.49. The van der Waals surface area contributed by atoms with Gasteiger partial charge in [0.05, 0.1) is 17.7 Å². The number of likely N-dealkylation sites (N-methyl/N-ethyl adjacent to an activating group) is 1. The van der Waals surface area contributed by atoms with Crippen LogP contribution in [0.5, 0.6) is 5.75 Å². The summed E-state index contributed by atoms with van der Waals surface area (Å²) in [5.74, 6) is -0.667. The highest BCUT2D eigenvalue weighted by Crippen LogP contribution is 2.32. The summed E-state index contributed by atoms with van der Waals surface area (Å²) >= 11 is 0. The van der Waals surface area contributed by atoms with Crippen LogP contribution in [0.25, 0.3) is 0 Å². The summed E-state index contributed by atoms with van der Waals surface area (Å²) in [6, 6.07) is 10.1. The Balaban J connectivity index is 1.65. The molecule has 1 aliphatic carbocycles. The van der Waals surface area contributed by atoms with Gasteiger partial charge in [0.25, 0.3) is 11.8 Å². The molecule has 0 unspecified atom stereocenters. The number of anilines is 1. The minimum atomic E-state index is -0.411. The van der Waals surface area contributed by atoms with Crippen LogP contribution in [-0.2, 0) is 9.53 Å². The number of nitrogens with zero attached hydrogens (tertiary/aromatic N) is 2. The molecule has 0 spiro atoms. The summed E-state index contributed by atoms with van der Waals surface area (Å²) in [7, 11) is 3.28. The van der Waals surface area contributed by atoms with E-state index in [1.165, 1.54) is 24.3 Å². The molecule has 1 N–H and O–H groups in total. The van der Waals surface area contributed by atoms with Crippen LogP contribution < -0.4 is 10.1 Å². The van der Waals surface area contributed by atoms with Crippen molar-refractivity contribution in [1.82, 2.24) is 9.80 Å². The fourth-order valence-electron chi connectivity index (χ4n) is 4.49. The van der Waals surface area contributed by atoms with E-state index in [9.17, 15) is 18.8 Å². The Morgan fingerprint density at radius 2 is 1.78 bits per heavy atom. The van der Waals surface area contributed by atoms with E-state index < -0.39 is 5.82 Å². The molecule has 2 aromatic rings. The maximum absolute atomic E-state index is 13.5. The first-order chi connectivity index (χ1) is 17.7. The SMILES string of the molecule is CO[C@@H]1CN(C)C(=O)c2cc(NC(=O)C3CC3)ccc2OC[C@@H](C)N(C(=O)c2ccc(F)cc2)C[C@H]1C. The lowest BCUT2D eigenvalue weighted by Gasteiger charge is -2.36. The molecule has 0 bridgehead atoms. The molecule has 198 valence electrons. The number of benzene rings is 2. The number of carbonyl (C=O) groups is 3. The molecule has 1 fully saturated rings. The lowest BCUT2D eigenvalue weighted by molar-refractivity contribution is -0.117. The summed E-state index contributed by atoms with van der Waals surface area (Å²) in [6.07, 6.45) is 1.41. The van der Waals surface area contributed by atoms with Crippen molar-refractivity contribution in [2.45, 2.75) is 38.8 Å². The van der Waals surface area contributed by atoms with Crippen LogP contribution in [0.15, 0.2) is 42.5 Å². The predicted octanol–water partition coefficient (Wildman–Crippen LogP) is 3.82. The van der Waals surface area contributed by atoms with Crippen LogP contribution >= 0.6 is 0 Å². The third kappa shape index (κ3) is 6.28. The van der Waals surface area contributed by atoms with Gasteiger partial charge in [-0.1, -0.05) is 6.92 Å². The maximum Gasteiger partial charge on any atom is 0.257 e. The van der Waals surface area contributed by atoms with Crippen molar-refractivity contribution < 1.29 is 28.2 Å². The smallest absolute Gasteiger partial charge is 0.257 e. The third-order valence-corrected chi connectivity index (χ3v) is 7.01. The molecule has 2 aliphatic rings. The average Bonchev–Trinajstić information content (AvgIpc) is 3.74. The molecule has 1 heterocycles. The number of ether oxygens (including phenoxy) is 2. The Bertz CT molecular complexity index is 1150. The maximum atomic E-state index is 13.5. The second kappa shape index (κ2) is 11.3. The van der Waals surface area contributed by atoms with Gasteiger partial charge >= 0.3 is 0 Å². The standard InChI is InChI=1S/C28H34FN3O5/c1-17-14-32(27(34)20-7-9-21(29)10-8-20)18(2)16-37-24-12-11-22(30-26(33)19-5-6-19)13-23(24)28(35)31(3)15-25(17)36-4/h7-13,17-19,25H,5-6,14-16H2,1-4H3,(H,30,33)/t17-,18-,25-/m1/s1. The van der Waals surface area contributed by atoms with Crippen molar-refractivity contribution in [3.8, 4) is 5.75 Å². The minimum absolute atomic E-state index is 0.0324. The monoisotopic (exact) mass is 511 g/mol.